The molecular weight excluding hydrogens is 387 g/mol. The summed E-state index contributed by atoms with van der Waals surface area (Å²) in [4.78, 5) is 42.5. The fraction of sp³-hybridized carbons (Fsp3) is 0.786. The molecule has 12 heteroatoms. The normalized spacial score (nSPS) is 14.3. The fourth-order valence-electron chi connectivity index (χ4n) is 1.78. The van der Waals surface area contributed by atoms with Gasteiger partial charge in [-0.2, -0.15) is 12.6 Å². The summed E-state index contributed by atoms with van der Waals surface area (Å²) in [5.74, 6) is -1.85. The van der Waals surface area contributed by atoms with E-state index in [9.17, 15) is 18.9 Å². The van der Waals surface area contributed by atoms with Crippen LogP contribution in [0.1, 0.15) is 38.5 Å². The highest BCUT2D eigenvalue weighted by molar-refractivity contribution is 7.81. The molecule has 0 saturated heterocycles. The molecule has 0 heterocycles. The van der Waals surface area contributed by atoms with Crippen LogP contribution in [-0.2, 0) is 28.0 Å². The molecule has 0 aliphatic heterocycles. The van der Waals surface area contributed by atoms with E-state index < -0.39 is 24.9 Å². The smallest absolute Gasteiger partial charge is 0.471 e. The summed E-state index contributed by atoms with van der Waals surface area (Å²) in [6, 6.07) is 0. The number of rotatable bonds is 15. The highest BCUT2D eigenvalue weighted by Crippen LogP contribution is 2.41. The first-order valence-corrected chi connectivity index (χ1v) is 10.2. The fourth-order valence-corrected chi connectivity index (χ4v) is 2.41. The zero-order valence-electron chi connectivity index (χ0n) is 14.7. The van der Waals surface area contributed by atoms with Crippen molar-refractivity contribution >= 4 is 38.2 Å². The van der Waals surface area contributed by atoms with Crippen molar-refractivity contribution in [3.05, 3.63) is 0 Å². The number of hydrogen-bond donors (Lipinski definition) is 5. The van der Waals surface area contributed by atoms with Crippen LogP contribution in [-0.4, -0.2) is 59.8 Å². The minimum atomic E-state index is -3.90. The zero-order valence-corrected chi connectivity index (χ0v) is 16.5. The maximum Gasteiger partial charge on any atom is 0.471 e. The molecular formula is C14H27N2O8PS. The second-order valence-electron chi connectivity index (χ2n) is 5.41. The Morgan fingerprint density at radius 1 is 1.08 bits per heavy atom. The third-order valence-electron chi connectivity index (χ3n) is 3.22. The number of aliphatic carboxylic acids is 1. The van der Waals surface area contributed by atoms with Crippen molar-refractivity contribution in [2.45, 2.75) is 43.8 Å². The number of amides is 2. The van der Waals surface area contributed by atoms with Crippen LogP contribution in [0.5, 0.6) is 0 Å². The molecule has 2 amide bonds. The predicted octanol–water partition coefficient (Wildman–Crippen LogP) is 0.706. The summed E-state index contributed by atoms with van der Waals surface area (Å²) in [5, 5.41) is 12.7. The molecule has 10 nitrogen and oxygen atoms in total. The number of phosphoric ester groups is 1. The topological polar surface area (TPSA) is 151 Å². The van der Waals surface area contributed by atoms with Crippen LogP contribution in [0.3, 0.4) is 0 Å². The largest absolute Gasteiger partial charge is 0.480 e. The molecule has 0 rings (SSSR count). The van der Waals surface area contributed by atoms with Gasteiger partial charge < -0.3 is 20.6 Å². The van der Waals surface area contributed by atoms with Gasteiger partial charge in [0.25, 0.3) is 0 Å². The number of hydrogen-bond acceptors (Lipinski definition) is 7. The Balaban J connectivity index is 3.54. The number of unbranched alkanes of at least 4 members (excludes halogenated alkanes) is 3. The standard InChI is InChI=1S/C14H27N2O8PS/c1-23-25(21,22)24-9-5-3-2-4-7-15-12(17)6-8-16-13(18)10-11(26)14(19)20/h11,26H,2-10H2,1H3,(H,15,17)(H,16,18)(H,19,20)(H,21,22). The first kappa shape index (κ1) is 24.9. The molecule has 0 aromatic carbocycles. The van der Waals surface area contributed by atoms with E-state index in [1.165, 1.54) is 0 Å². The van der Waals surface area contributed by atoms with Gasteiger partial charge >= 0.3 is 13.8 Å². The van der Waals surface area contributed by atoms with Crippen LogP contribution in [0, 0.1) is 0 Å². The highest BCUT2D eigenvalue weighted by atomic mass is 32.1. The van der Waals surface area contributed by atoms with E-state index >= 15 is 0 Å². The molecule has 0 aliphatic carbocycles. The molecule has 4 N–H and O–H groups in total. The van der Waals surface area contributed by atoms with E-state index in [-0.39, 0.29) is 31.9 Å². The van der Waals surface area contributed by atoms with Crippen molar-refractivity contribution in [3.63, 3.8) is 0 Å². The lowest BCUT2D eigenvalue weighted by molar-refractivity contribution is -0.138. The molecule has 0 spiro atoms. The number of nitrogens with one attached hydrogen (secondary N) is 2. The molecule has 26 heavy (non-hydrogen) atoms. The Bertz CT molecular complexity index is 505. The van der Waals surface area contributed by atoms with Crippen molar-refractivity contribution in [2.24, 2.45) is 0 Å². The molecule has 0 saturated carbocycles. The van der Waals surface area contributed by atoms with Gasteiger partial charge in [0.05, 0.1) is 6.61 Å². The van der Waals surface area contributed by atoms with Gasteiger partial charge in [0.15, 0.2) is 0 Å². The van der Waals surface area contributed by atoms with E-state index in [1.54, 1.807) is 0 Å². The number of carboxylic acid groups (broad SMARTS) is 1. The third-order valence-corrected chi connectivity index (χ3v) is 4.59. The monoisotopic (exact) mass is 414 g/mol. The van der Waals surface area contributed by atoms with Crippen LogP contribution in [0.25, 0.3) is 0 Å². The van der Waals surface area contributed by atoms with Crippen LogP contribution in [0.2, 0.25) is 0 Å². The van der Waals surface area contributed by atoms with Gasteiger partial charge in [0.2, 0.25) is 11.8 Å². The third kappa shape index (κ3) is 14.1. The molecule has 152 valence electrons. The van der Waals surface area contributed by atoms with E-state index in [0.717, 1.165) is 26.4 Å². The quantitative estimate of drug-likeness (QED) is 0.149. The van der Waals surface area contributed by atoms with Crippen molar-refractivity contribution in [3.8, 4) is 0 Å². The van der Waals surface area contributed by atoms with E-state index in [0.29, 0.717) is 13.0 Å². The van der Waals surface area contributed by atoms with E-state index in [1.807, 2.05) is 0 Å². The van der Waals surface area contributed by atoms with Gasteiger partial charge in [0, 0.05) is 33.0 Å². The number of thiol groups is 1. The summed E-state index contributed by atoms with van der Waals surface area (Å²) in [6.45, 7) is 0.744. The SMILES string of the molecule is COP(=O)(O)OCCCCCCNC(=O)CCNC(=O)CC(S)C(=O)O. The van der Waals surface area contributed by atoms with Gasteiger partial charge in [-0.25, -0.2) is 4.57 Å². The van der Waals surface area contributed by atoms with Gasteiger partial charge in [0.1, 0.15) is 5.25 Å². The molecule has 2 unspecified atom stereocenters. The molecule has 0 aromatic rings. The Hall–Kier alpha value is -1.13. The van der Waals surface area contributed by atoms with Gasteiger partial charge in [-0.3, -0.25) is 23.4 Å². The van der Waals surface area contributed by atoms with Gasteiger partial charge in [-0.15, -0.1) is 0 Å². The molecule has 0 aliphatic rings. The van der Waals surface area contributed by atoms with E-state index in [4.69, 9.17) is 10.00 Å². The lowest BCUT2D eigenvalue weighted by Gasteiger charge is -2.09. The van der Waals surface area contributed by atoms with Crippen LogP contribution in [0.4, 0.5) is 0 Å². The maximum atomic E-state index is 11.6. The van der Waals surface area contributed by atoms with Crippen LogP contribution < -0.4 is 10.6 Å². The molecule has 0 bridgehead atoms. The van der Waals surface area contributed by atoms with Crippen LogP contribution >= 0.6 is 20.5 Å². The summed E-state index contributed by atoms with van der Waals surface area (Å²) in [5.41, 5.74) is 0. The van der Waals surface area contributed by atoms with Gasteiger partial charge in [-0.1, -0.05) is 12.8 Å². The van der Waals surface area contributed by atoms with Gasteiger partial charge in [-0.05, 0) is 12.8 Å². The Morgan fingerprint density at radius 3 is 2.31 bits per heavy atom. The van der Waals surface area contributed by atoms with Crippen molar-refractivity contribution < 1.29 is 38.0 Å². The number of carboxylic acids is 1. The summed E-state index contributed by atoms with van der Waals surface area (Å²) < 4.78 is 20.0. The highest BCUT2D eigenvalue weighted by Gasteiger charge is 2.17. The van der Waals surface area contributed by atoms with Crippen molar-refractivity contribution in [1.29, 1.82) is 0 Å². The summed E-state index contributed by atoms with van der Waals surface area (Å²) in [7, 11) is -2.80. The lowest BCUT2D eigenvalue weighted by atomic mass is 10.2. The van der Waals surface area contributed by atoms with Crippen molar-refractivity contribution in [2.75, 3.05) is 26.8 Å². The molecule has 2 atom stereocenters. The lowest BCUT2D eigenvalue weighted by Crippen LogP contribution is -2.33. The minimum absolute atomic E-state index is 0.104. The minimum Gasteiger partial charge on any atom is -0.480 e. The number of carbonyl (C=O) groups is 3. The van der Waals surface area contributed by atoms with E-state index in [2.05, 4.69) is 32.3 Å². The molecule has 0 radical (unpaired) electrons. The second kappa shape index (κ2) is 14.0. The Labute approximate surface area is 158 Å². The van der Waals surface area contributed by atoms with Crippen molar-refractivity contribution in [1.82, 2.24) is 10.6 Å². The molecule has 0 aromatic heterocycles. The first-order valence-electron chi connectivity index (χ1n) is 8.15. The summed E-state index contributed by atoms with van der Waals surface area (Å²) in [6.07, 6.45) is 2.81. The second-order valence-corrected chi connectivity index (χ2v) is 7.59. The Kier molecular flexibility index (Phi) is 13.4. The number of carbonyl (C=O) groups excluding carboxylic acids is 2. The molecule has 0 fully saturated rings. The Morgan fingerprint density at radius 2 is 1.69 bits per heavy atom. The predicted molar refractivity (Wildman–Crippen MR) is 96.9 cm³/mol. The van der Waals surface area contributed by atoms with Crippen LogP contribution in [0.15, 0.2) is 0 Å². The number of phosphoric acid groups is 1. The summed E-state index contributed by atoms with van der Waals surface area (Å²) >= 11 is 3.75. The first-order chi connectivity index (χ1) is 12.2. The average molecular weight is 414 g/mol. The average Bonchev–Trinajstić information content (AvgIpc) is 2.57. The maximum absolute atomic E-state index is 11.6. The zero-order chi connectivity index (χ0) is 20.0.